The quantitative estimate of drug-likeness (QED) is 0.667. The summed E-state index contributed by atoms with van der Waals surface area (Å²) in [4.78, 5) is 2.55. The predicted octanol–water partition coefficient (Wildman–Crippen LogP) is 1.10. The van der Waals surface area contributed by atoms with Crippen LogP contribution in [0.5, 0.6) is 0 Å². The molecule has 2 atom stereocenters. The number of fused-ring (bicyclic) bond motifs is 1. The lowest BCUT2D eigenvalue weighted by atomic mass is 10.1. The monoisotopic (exact) mass is 212 g/mol. The third-order valence-corrected chi connectivity index (χ3v) is 3.63. The summed E-state index contributed by atoms with van der Waals surface area (Å²) in [5.41, 5.74) is 0. The lowest BCUT2D eigenvalue weighted by molar-refractivity contribution is 0.107. The molecule has 15 heavy (non-hydrogen) atoms. The molecule has 2 saturated heterocycles. The van der Waals surface area contributed by atoms with Crippen molar-refractivity contribution in [2.75, 3.05) is 39.4 Å². The molecule has 1 N–H and O–H groups in total. The van der Waals surface area contributed by atoms with Crippen LogP contribution in [0.2, 0.25) is 0 Å². The second-order valence-corrected chi connectivity index (χ2v) is 4.83. The van der Waals surface area contributed by atoms with Gasteiger partial charge in [-0.05, 0) is 25.3 Å². The van der Waals surface area contributed by atoms with Crippen LogP contribution in [0.3, 0.4) is 0 Å². The van der Waals surface area contributed by atoms with Crippen molar-refractivity contribution < 1.29 is 4.74 Å². The first-order chi connectivity index (χ1) is 7.40. The van der Waals surface area contributed by atoms with E-state index in [-0.39, 0.29) is 0 Å². The number of rotatable bonds is 6. The maximum Gasteiger partial charge on any atom is 0.0593 e. The minimum atomic E-state index is 0.778. The average molecular weight is 212 g/mol. The minimum absolute atomic E-state index is 0.778. The third kappa shape index (κ3) is 3.16. The molecule has 2 heterocycles. The number of hydrogen-bond donors (Lipinski definition) is 1. The zero-order chi connectivity index (χ0) is 10.5. The lowest BCUT2D eigenvalue weighted by Gasteiger charge is -2.16. The van der Waals surface area contributed by atoms with Gasteiger partial charge in [-0.25, -0.2) is 0 Å². The second kappa shape index (κ2) is 5.83. The van der Waals surface area contributed by atoms with Crippen LogP contribution in [0, 0.1) is 5.92 Å². The van der Waals surface area contributed by atoms with Crippen LogP contribution in [0.4, 0.5) is 0 Å². The molecule has 2 rings (SSSR count). The van der Waals surface area contributed by atoms with E-state index in [1.54, 1.807) is 0 Å². The van der Waals surface area contributed by atoms with E-state index in [2.05, 4.69) is 17.1 Å². The minimum Gasteiger partial charge on any atom is -0.380 e. The first kappa shape index (κ1) is 11.4. The van der Waals surface area contributed by atoms with Gasteiger partial charge in [-0.3, -0.25) is 4.90 Å². The molecular weight excluding hydrogens is 188 g/mol. The van der Waals surface area contributed by atoms with Gasteiger partial charge in [0.25, 0.3) is 0 Å². The standard InChI is InChI=1S/C12H24N2O/c1-2-3-7-15-8-6-14-9-11-4-5-13-12(11)10-14/h11-13H,2-10H2,1H3/t11-,12+/m0/s1. The van der Waals surface area contributed by atoms with E-state index in [1.807, 2.05) is 0 Å². The second-order valence-electron chi connectivity index (χ2n) is 4.83. The van der Waals surface area contributed by atoms with Gasteiger partial charge >= 0.3 is 0 Å². The van der Waals surface area contributed by atoms with Crippen LogP contribution in [0.25, 0.3) is 0 Å². The van der Waals surface area contributed by atoms with Crippen molar-refractivity contribution >= 4 is 0 Å². The van der Waals surface area contributed by atoms with Crippen LogP contribution in [0.1, 0.15) is 26.2 Å². The van der Waals surface area contributed by atoms with E-state index in [0.717, 1.165) is 31.7 Å². The van der Waals surface area contributed by atoms with E-state index in [0.29, 0.717) is 0 Å². The van der Waals surface area contributed by atoms with Crippen LogP contribution < -0.4 is 5.32 Å². The number of unbranched alkanes of at least 4 members (excludes halogenated alkanes) is 1. The summed E-state index contributed by atoms with van der Waals surface area (Å²) in [6, 6.07) is 0.778. The molecule has 0 aromatic rings. The number of nitrogens with one attached hydrogen (secondary N) is 1. The molecule has 88 valence electrons. The summed E-state index contributed by atoms with van der Waals surface area (Å²) in [6.07, 6.45) is 3.81. The lowest BCUT2D eigenvalue weighted by Crippen LogP contribution is -2.31. The summed E-state index contributed by atoms with van der Waals surface area (Å²) >= 11 is 0. The first-order valence-electron chi connectivity index (χ1n) is 6.43. The molecule has 0 unspecified atom stereocenters. The van der Waals surface area contributed by atoms with Crippen molar-refractivity contribution in [1.29, 1.82) is 0 Å². The first-order valence-corrected chi connectivity index (χ1v) is 6.43. The van der Waals surface area contributed by atoms with Gasteiger partial charge in [0, 0.05) is 32.3 Å². The van der Waals surface area contributed by atoms with Crippen molar-refractivity contribution in [1.82, 2.24) is 10.2 Å². The van der Waals surface area contributed by atoms with E-state index in [4.69, 9.17) is 4.74 Å². The summed E-state index contributed by atoms with van der Waals surface area (Å²) in [5.74, 6) is 0.917. The summed E-state index contributed by atoms with van der Waals surface area (Å²) in [5, 5.41) is 3.58. The zero-order valence-electron chi connectivity index (χ0n) is 9.87. The molecule has 0 aromatic carbocycles. The molecule has 0 saturated carbocycles. The number of hydrogen-bond acceptors (Lipinski definition) is 3. The Morgan fingerprint density at radius 3 is 3.07 bits per heavy atom. The fraction of sp³-hybridized carbons (Fsp3) is 1.00. The van der Waals surface area contributed by atoms with E-state index < -0.39 is 0 Å². The maximum atomic E-state index is 5.60. The molecule has 0 aromatic heterocycles. The van der Waals surface area contributed by atoms with Crippen LogP contribution in [0.15, 0.2) is 0 Å². The highest BCUT2D eigenvalue weighted by Gasteiger charge is 2.35. The van der Waals surface area contributed by atoms with Gasteiger partial charge in [0.15, 0.2) is 0 Å². The number of nitrogens with zero attached hydrogens (tertiary/aromatic N) is 1. The van der Waals surface area contributed by atoms with Crippen molar-refractivity contribution in [3.63, 3.8) is 0 Å². The van der Waals surface area contributed by atoms with E-state index in [1.165, 1.54) is 38.9 Å². The van der Waals surface area contributed by atoms with Crippen molar-refractivity contribution in [3.05, 3.63) is 0 Å². The Kier molecular flexibility index (Phi) is 4.42. The van der Waals surface area contributed by atoms with Gasteiger partial charge in [-0.15, -0.1) is 0 Å². The largest absolute Gasteiger partial charge is 0.380 e. The summed E-state index contributed by atoms with van der Waals surface area (Å²) < 4.78 is 5.60. The Labute approximate surface area is 93.2 Å². The van der Waals surface area contributed by atoms with Crippen molar-refractivity contribution in [3.8, 4) is 0 Å². The van der Waals surface area contributed by atoms with Crippen LogP contribution in [-0.4, -0.2) is 50.3 Å². The Morgan fingerprint density at radius 1 is 1.33 bits per heavy atom. The number of likely N-dealkylation sites (tertiary alicyclic amines) is 1. The van der Waals surface area contributed by atoms with Gasteiger partial charge in [-0.2, -0.15) is 0 Å². The third-order valence-electron chi connectivity index (χ3n) is 3.63. The van der Waals surface area contributed by atoms with Gasteiger partial charge < -0.3 is 10.1 Å². The van der Waals surface area contributed by atoms with Gasteiger partial charge in [0.05, 0.1) is 6.61 Å². The van der Waals surface area contributed by atoms with Crippen LogP contribution >= 0.6 is 0 Å². The molecule has 0 radical (unpaired) electrons. The zero-order valence-corrected chi connectivity index (χ0v) is 9.87. The normalized spacial score (nSPS) is 31.0. The highest BCUT2D eigenvalue weighted by Crippen LogP contribution is 2.23. The number of ether oxygens (including phenoxy) is 1. The molecule has 0 bridgehead atoms. The van der Waals surface area contributed by atoms with Crippen molar-refractivity contribution in [2.24, 2.45) is 5.92 Å². The highest BCUT2D eigenvalue weighted by molar-refractivity contribution is 4.93. The van der Waals surface area contributed by atoms with E-state index >= 15 is 0 Å². The molecule has 3 nitrogen and oxygen atoms in total. The molecule has 2 aliphatic heterocycles. The summed E-state index contributed by atoms with van der Waals surface area (Å²) in [6.45, 7) is 8.94. The Balaban J connectivity index is 1.53. The van der Waals surface area contributed by atoms with Gasteiger partial charge in [0.2, 0.25) is 0 Å². The topological polar surface area (TPSA) is 24.5 Å². The molecule has 0 aliphatic carbocycles. The van der Waals surface area contributed by atoms with Gasteiger partial charge in [0.1, 0.15) is 0 Å². The molecular formula is C12H24N2O. The van der Waals surface area contributed by atoms with Crippen molar-refractivity contribution in [2.45, 2.75) is 32.2 Å². The molecule has 2 aliphatic rings. The van der Waals surface area contributed by atoms with Gasteiger partial charge in [-0.1, -0.05) is 13.3 Å². The fourth-order valence-corrected chi connectivity index (χ4v) is 2.66. The summed E-state index contributed by atoms with van der Waals surface area (Å²) in [7, 11) is 0. The Hall–Kier alpha value is -0.120. The fourth-order valence-electron chi connectivity index (χ4n) is 2.66. The maximum absolute atomic E-state index is 5.60. The molecule has 0 spiro atoms. The molecule has 0 amide bonds. The predicted molar refractivity (Wildman–Crippen MR) is 62.1 cm³/mol. The molecule has 3 heteroatoms. The average Bonchev–Trinajstić information content (AvgIpc) is 2.77. The van der Waals surface area contributed by atoms with Crippen LogP contribution in [-0.2, 0) is 4.74 Å². The molecule has 2 fully saturated rings. The Bertz CT molecular complexity index is 174. The highest BCUT2D eigenvalue weighted by atomic mass is 16.5. The Morgan fingerprint density at radius 2 is 2.27 bits per heavy atom. The smallest absolute Gasteiger partial charge is 0.0593 e. The van der Waals surface area contributed by atoms with E-state index in [9.17, 15) is 0 Å². The SMILES string of the molecule is CCCCOCCN1C[C@@H]2CCN[C@@H]2C1.